The SMILES string of the molecule is C=C(Nc1ccc(C(=C)N2Cc3ccsc3Cc3ccccc32)cc1)c1ccccc1C. The highest BCUT2D eigenvalue weighted by molar-refractivity contribution is 7.10. The Morgan fingerprint density at radius 2 is 1.62 bits per heavy atom. The summed E-state index contributed by atoms with van der Waals surface area (Å²) in [5, 5.41) is 5.64. The molecule has 1 aromatic heterocycles. The van der Waals surface area contributed by atoms with Crippen LogP contribution in [0.3, 0.4) is 0 Å². The molecule has 0 saturated carbocycles. The van der Waals surface area contributed by atoms with Crippen LogP contribution in [0.4, 0.5) is 11.4 Å². The summed E-state index contributed by atoms with van der Waals surface area (Å²) in [5.74, 6) is 0. The second-order valence-corrected chi connectivity index (χ2v) is 9.20. The van der Waals surface area contributed by atoms with Gasteiger partial charge in [0.25, 0.3) is 0 Å². The number of rotatable bonds is 5. The van der Waals surface area contributed by atoms with Gasteiger partial charge in [0.15, 0.2) is 0 Å². The minimum atomic E-state index is 0.846. The van der Waals surface area contributed by atoms with E-state index in [1.54, 1.807) is 0 Å². The number of aryl methyl sites for hydroxylation is 1. The van der Waals surface area contributed by atoms with Crippen molar-refractivity contribution in [3.63, 3.8) is 0 Å². The third kappa shape index (κ3) is 3.88. The number of anilines is 2. The summed E-state index contributed by atoms with van der Waals surface area (Å²) in [6.07, 6.45) is 0.983. The van der Waals surface area contributed by atoms with Crippen LogP contribution in [0.5, 0.6) is 0 Å². The first-order valence-corrected chi connectivity index (χ1v) is 11.7. The summed E-state index contributed by atoms with van der Waals surface area (Å²) in [7, 11) is 0. The molecule has 0 amide bonds. The Morgan fingerprint density at radius 3 is 2.44 bits per heavy atom. The van der Waals surface area contributed by atoms with Gasteiger partial charge in [-0.25, -0.2) is 0 Å². The van der Waals surface area contributed by atoms with Crippen molar-refractivity contribution >= 4 is 34.1 Å². The summed E-state index contributed by atoms with van der Waals surface area (Å²) in [4.78, 5) is 3.80. The van der Waals surface area contributed by atoms with Crippen LogP contribution in [0.25, 0.3) is 11.4 Å². The van der Waals surface area contributed by atoms with E-state index in [4.69, 9.17) is 0 Å². The highest BCUT2D eigenvalue weighted by atomic mass is 32.1. The van der Waals surface area contributed by atoms with Crippen molar-refractivity contribution < 1.29 is 0 Å². The van der Waals surface area contributed by atoms with E-state index in [1.165, 1.54) is 27.3 Å². The maximum absolute atomic E-state index is 4.49. The second kappa shape index (κ2) is 8.52. The molecule has 0 aliphatic carbocycles. The highest BCUT2D eigenvalue weighted by Gasteiger charge is 2.22. The fraction of sp³-hybridized carbons (Fsp3) is 0.103. The number of benzene rings is 3. The molecule has 4 aromatic rings. The van der Waals surface area contributed by atoms with E-state index < -0.39 is 0 Å². The lowest BCUT2D eigenvalue weighted by molar-refractivity contribution is 0.994. The third-order valence-electron chi connectivity index (χ3n) is 6.11. The van der Waals surface area contributed by atoms with E-state index in [2.05, 4.69) is 102 Å². The Hall–Kier alpha value is -3.56. The molecule has 0 fully saturated rings. The van der Waals surface area contributed by atoms with Crippen LogP contribution in [0.1, 0.15) is 32.7 Å². The van der Waals surface area contributed by atoms with Gasteiger partial charge in [0.1, 0.15) is 0 Å². The molecule has 0 radical (unpaired) electrons. The summed E-state index contributed by atoms with van der Waals surface area (Å²) in [6.45, 7) is 11.7. The minimum Gasteiger partial charge on any atom is -0.356 e. The van der Waals surface area contributed by atoms with Gasteiger partial charge in [-0.2, -0.15) is 0 Å². The molecule has 3 aromatic carbocycles. The predicted molar refractivity (Wildman–Crippen MR) is 139 cm³/mol. The normalized spacial score (nSPS) is 12.5. The molecule has 2 heterocycles. The lowest BCUT2D eigenvalue weighted by Gasteiger charge is -2.27. The van der Waals surface area contributed by atoms with Gasteiger partial charge < -0.3 is 10.2 Å². The Labute approximate surface area is 194 Å². The molecule has 1 aliphatic rings. The molecule has 32 heavy (non-hydrogen) atoms. The average molecular weight is 435 g/mol. The average Bonchev–Trinajstić information content (AvgIpc) is 3.18. The lowest BCUT2D eigenvalue weighted by Crippen LogP contribution is -2.20. The van der Waals surface area contributed by atoms with E-state index in [9.17, 15) is 0 Å². The van der Waals surface area contributed by atoms with Crippen LogP contribution < -0.4 is 10.2 Å². The van der Waals surface area contributed by atoms with Gasteiger partial charge >= 0.3 is 0 Å². The van der Waals surface area contributed by atoms with E-state index in [0.29, 0.717) is 0 Å². The van der Waals surface area contributed by atoms with Crippen LogP contribution in [0.2, 0.25) is 0 Å². The number of hydrogen-bond acceptors (Lipinski definition) is 3. The largest absolute Gasteiger partial charge is 0.356 e. The van der Waals surface area contributed by atoms with Crippen LogP contribution in [0, 0.1) is 6.92 Å². The fourth-order valence-electron chi connectivity index (χ4n) is 4.31. The molecule has 2 nitrogen and oxygen atoms in total. The molecule has 158 valence electrons. The maximum Gasteiger partial charge on any atom is 0.0492 e. The summed E-state index contributed by atoms with van der Waals surface area (Å²) in [5.41, 5.74) is 10.4. The molecule has 0 unspecified atom stereocenters. The van der Waals surface area contributed by atoms with Crippen molar-refractivity contribution in [3.8, 4) is 0 Å². The number of nitrogens with zero attached hydrogens (tertiary/aromatic N) is 1. The molecule has 0 spiro atoms. The minimum absolute atomic E-state index is 0.846. The van der Waals surface area contributed by atoms with Crippen molar-refractivity contribution in [3.05, 3.63) is 130 Å². The van der Waals surface area contributed by atoms with Crippen LogP contribution in [0.15, 0.2) is 97.4 Å². The van der Waals surface area contributed by atoms with Gasteiger partial charge in [-0.05, 0) is 58.8 Å². The molecule has 0 saturated heterocycles. The van der Waals surface area contributed by atoms with E-state index in [1.807, 2.05) is 23.5 Å². The molecular formula is C29H26N2S. The topological polar surface area (TPSA) is 15.3 Å². The molecule has 5 rings (SSSR count). The van der Waals surface area contributed by atoms with Gasteiger partial charge in [-0.15, -0.1) is 11.3 Å². The predicted octanol–water partition coefficient (Wildman–Crippen LogP) is 7.72. The summed E-state index contributed by atoms with van der Waals surface area (Å²) >= 11 is 1.85. The van der Waals surface area contributed by atoms with E-state index >= 15 is 0 Å². The molecule has 0 bridgehead atoms. The Balaban J connectivity index is 1.39. The van der Waals surface area contributed by atoms with Gasteiger partial charge in [-0.1, -0.05) is 67.8 Å². The molecule has 1 N–H and O–H groups in total. The zero-order valence-electron chi connectivity index (χ0n) is 18.3. The second-order valence-electron chi connectivity index (χ2n) is 8.20. The lowest BCUT2D eigenvalue weighted by atomic mass is 10.1. The van der Waals surface area contributed by atoms with Gasteiger partial charge in [0, 0.05) is 46.2 Å². The van der Waals surface area contributed by atoms with Crippen molar-refractivity contribution in [2.45, 2.75) is 19.9 Å². The van der Waals surface area contributed by atoms with Crippen LogP contribution in [-0.2, 0) is 13.0 Å². The smallest absolute Gasteiger partial charge is 0.0492 e. The van der Waals surface area contributed by atoms with Crippen molar-refractivity contribution in [1.29, 1.82) is 0 Å². The van der Waals surface area contributed by atoms with Crippen LogP contribution in [-0.4, -0.2) is 0 Å². The van der Waals surface area contributed by atoms with Gasteiger partial charge in [-0.3, -0.25) is 0 Å². The molecular weight excluding hydrogens is 408 g/mol. The molecule has 3 heteroatoms. The van der Waals surface area contributed by atoms with Gasteiger partial charge in [0.05, 0.1) is 0 Å². The van der Waals surface area contributed by atoms with E-state index in [0.717, 1.165) is 41.2 Å². The number of para-hydroxylation sites is 1. The van der Waals surface area contributed by atoms with Crippen molar-refractivity contribution in [1.82, 2.24) is 0 Å². The first-order valence-electron chi connectivity index (χ1n) is 10.8. The highest BCUT2D eigenvalue weighted by Crippen LogP contribution is 2.37. The summed E-state index contributed by atoms with van der Waals surface area (Å²) in [6, 6.07) is 27.7. The van der Waals surface area contributed by atoms with Crippen molar-refractivity contribution in [2.24, 2.45) is 0 Å². The number of nitrogens with one attached hydrogen (secondary N) is 1. The first kappa shape index (κ1) is 20.3. The molecule has 0 atom stereocenters. The Morgan fingerprint density at radius 1 is 0.875 bits per heavy atom. The monoisotopic (exact) mass is 434 g/mol. The number of thiophene rings is 1. The third-order valence-corrected chi connectivity index (χ3v) is 7.07. The Bertz CT molecular complexity index is 1300. The Kier molecular flexibility index (Phi) is 5.42. The van der Waals surface area contributed by atoms with E-state index in [-0.39, 0.29) is 0 Å². The standard InChI is InChI=1S/C29H26N2S/c1-20-8-4-6-10-27(20)21(2)30-26-14-12-23(13-15-26)22(3)31-19-25-16-17-32-29(25)18-24-9-5-7-11-28(24)31/h4-17,30H,2-3,18-19H2,1H3. The van der Waals surface area contributed by atoms with Crippen LogP contribution >= 0.6 is 11.3 Å². The quantitative estimate of drug-likeness (QED) is 0.346. The molecule has 1 aliphatic heterocycles. The summed E-state index contributed by atoms with van der Waals surface area (Å²) < 4.78 is 0. The number of fused-ring (bicyclic) bond motifs is 2. The first-order chi connectivity index (χ1) is 15.6. The van der Waals surface area contributed by atoms with Gasteiger partial charge in [0.2, 0.25) is 0 Å². The van der Waals surface area contributed by atoms with Crippen molar-refractivity contribution in [2.75, 3.05) is 10.2 Å². The number of hydrogen-bond donors (Lipinski definition) is 1. The maximum atomic E-state index is 4.49. The fourth-order valence-corrected chi connectivity index (χ4v) is 5.23. The zero-order chi connectivity index (χ0) is 22.1. The zero-order valence-corrected chi connectivity index (χ0v) is 19.1.